The van der Waals surface area contributed by atoms with Crippen LogP contribution in [-0.2, 0) is 0 Å². The van der Waals surface area contributed by atoms with Crippen molar-refractivity contribution in [3.05, 3.63) is 0 Å². The average molecular weight is 128 g/mol. The zero-order valence-electron chi connectivity index (χ0n) is 6.94. The van der Waals surface area contributed by atoms with E-state index in [1.165, 1.54) is 0 Å². The maximum Gasteiger partial charge on any atom is 0.0215 e. The lowest BCUT2D eigenvalue weighted by Crippen LogP contribution is -2.22. The maximum absolute atomic E-state index is 7.47. The van der Waals surface area contributed by atoms with Crippen molar-refractivity contribution in [3.63, 3.8) is 0 Å². The van der Waals surface area contributed by atoms with Crippen LogP contribution in [0.2, 0.25) is 0 Å². The van der Waals surface area contributed by atoms with Gasteiger partial charge in [0.25, 0.3) is 0 Å². The highest BCUT2D eigenvalue weighted by Crippen LogP contribution is 2.17. The van der Waals surface area contributed by atoms with Gasteiger partial charge in [0, 0.05) is 6.04 Å². The Hall–Kier alpha value is -0.0400. The Morgan fingerprint density at radius 2 is 1.67 bits per heavy atom. The summed E-state index contributed by atoms with van der Waals surface area (Å²) >= 11 is 0. The summed E-state index contributed by atoms with van der Waals surface area (Å²) in [5.41, 5.74) is 7.47. The predicted molar refractivity (Wildman–Crippen MR) is 41.2 cm³/mol. The molecule has 2 unspecified atom stereocenters. The number of nitrogens with one attached hydrogen (secondary N) is 1. The Morgan fingerprint density at radius 1 is 1.22 bits per heavy atom. The Bertz CT molecular complexity index is 59.0. The molecule has 0 rings (SSSR count). The fraction of sp³-hybridized carbons (Fsp3) is 1.00. The average Bonchev–Trinajstić information content (AvgIpc) is 1.64. The van der Waals surface area contributed by atoms with Gasteiger partial charge < -0.3 is 0 Å². The molecule has 0 aromatic rings. The van der Waals surface area contributed by atoms with Crippen LogP contribution in [0.25, 0.3) is 0 Å². The lowest BCUT2D eigenvalue weighted by molar-refractivity contribution is 0.316. The molecule has 0 amide bonds. The largest absolute Gasteiger partial charge is 0.255 e. The molecule has 9 heavy (non-hydrogen) atoms. The first-order valence-corrected chi connectivity index (χ1v) is 3.80. The molecule has 0 saturated carbocycles. The fourth-order valence-corrected chi connectivity index (χ4v) is 1.40. The molecule has 0 aromatic heterocycles. The molecule has 0 heterocycles. The monoisotopic (exact) mass is 128 g/mol. The smallest absolute Gasteiger partial charge is 0.0215 e. The topological polar surface area (TPSA) is 23.8 Å². The molecule has 2 atom stereocenters. The van der Waals surface area contributed by atoms with Crippen molar-refractivity contribution >= 4 is 0 Å². The molecule has 0 fully saturated rings. The third kappa shape index (κ3) is 2.85. The minimum absolute atomic E-state index is 0.106. The zero-order chi connectivity index (χ0) is 7.44. The molecular formula is C8H18N. The lowest BCUT2D eigenvalue weighted by atomic mass is 9.88. The van der Waals surface area contributed by atoms with E-state index in [1.54, 1.807) is 0 Å². The van der Waals surface area contributed by atoms with Crippen molar-refractivity contribution in [3.8, 4) is 0 Å². The standard InChI is InChI=1S/C8H18N/c1-5-8(6(2)3)7(4)9/h6-9H,5H2,1-4H3. The van der Waals surface area contributed by atoms with E-state index in [2.05, 4.69) is 20.8 Å². The summed E-state index contributed by atoms with van der Waals surface area (Å²) in [5, 5.41) is 0. The molecule has 0 aromatic carbocycles. The van der Waals surface area contributed by atoms with E-state index < -0.39 is 0 Å². The number of hydrogen-bond donors (Lipinski definition) is 0. The van der Waals surface area contributed by atoms with Gasteiger partial charge in [-0.2, -0.15) is 0 Å². The molecule has 1 N–H and O–H groups in total. The van der Waals surface area contributed by atoms with Crippen LogP contribution >= 0.6 is 0 Å². The van der Waals surface area contributed by atoms with Crippen molar-refractivity contribution in [1.82, 2.24) is 5.73 Å². The molecular weight excluding hydrogens is 110 g/mol. The van der Waals surface area contributed by atoms with Gasteiger partial charge in [-0.3, -0.25) is 5.73 Å². The second kappa shape index (κ2) is 3.89. The highest BCUT2D eigenvalue weighted by Gasteiger charge is 2.14. The summed E-state index contributed by atoms with van der Waals surface area (Å²) in [6, 6.07) is 0.106. The normalized spacial score (nSPS) is 18.0. The SMILES string of the molecule is CCC(C(C)C)C(C)[NH]. The molecule has 0 aliphatic carbocycles. The van der Waals surface area contributed by atoms with Crippen LogP contribution in [0.1, 0.15) is 34.1 Å². The highest BCUT2D eigenvalue weighted by molar-refractivity contribution is 4.68. The molecule has 1 radical (unpaired) electrons. The van der Waals surface area contributed by atoms with Crippen LogP contribution in [0.5, 0.6) is 0 Å². The second-order valence-electron chi connectivity index (χ2n) is 3.10. The summed E-state index contributed by atoms with van der Waals surface area (Å²) in [6.07, 6.45) is 1.14. The molecule has 1 heteroatoms. The number of rotatable bonds is 3. The molecule has 0 bridgehead atoms. The second-order valence-corrected chi connectivity index (χ2v) is 3.10. The molecule has 0 spiro atoms. The van der Waals surface area contributed by atoms with Crippen LogP contribution in [0.4, 0.5) is 0 Å². The lowest BCUT2D eigenvalue weighted by Gasteiger charge is -2.21. The molecule has 0 aliphatic rings. The van der Waals surface area contributed by atoms with Gasteiger partial charge in [0.15, 0.2) is 0 Å². The van der Waals surface area contributed by atoms with Crippen LogP contribution in [0.15, 0.2) is 0 Å². The minimum atomic E-state index is 0.106. The summed E-state index contributed by atoms with van der Waals surface area (Å²) in [6.45, 7) is 8.53. The highest BCUT2D eigenvalue weighted by atomic mass is 14.6. The van der Waals surface area contributed by atoms with E-state index in [0.717, 1.165) is 6.42 Å². The first-order valence-electron chi connectivity index (χ1n) is 3.80. The van der Waals surface area contributed by atoms with Gasteiger partial charge in [0.05, 0.1) is 0 Å². The van der Waals surface area contributed by atoms with E-state index in [-0.39, 0.29) is 6.04 Å². The van der Waals surface area contributed by atoms with Crippen molar-refractivity contribution in [2.75, 3.05) is 0 Å². The zero-order valence-corrected chi connectivity index (χ0v) is 6.94. The van der Waals surface area contributed by atoms with Gasteiger partial charge in [-0.1, -0.05) is 27.2 Å². The third-order valence-corrected chi connectivity index (χ3v) is 1.97. The van der Waals surface area contributed by atoms with Gasteiger partial charge >= 0.3 is 0 Å². The van der Waals surface area contributed by atoms with Gasteiger partial charge in [-0.15, -0.1) is 0 Å². The van der Waals surface area contributed by atoms with Gasteiger partial charge in [-0.25, -0.2) is 0 Å². The molecule has 0 saturated heterocycles. The molecule has 0 aliphatic heterocycles. The van der Waals surface area contributed by atoms with Crippen molar-refractivity contribution in [1.29, 1.82) is 0 Å². The van der Waals surface area contributed by atoms with Crippen LogP contribution in [0.3, 0.4) is 0 Å². The van der Waals surface area contributed by atoms with Crippen LogP contribution in [-0.4, -0.2) is 6.04 Å². The summed E-state index contributed by atoms with van der Waals surface area (Å²) < 4.78 is 0. The Morgan fingerprint density at radius 3 is 1.67 bits per heavy atom. The Labute approximate surface area is 58.6 Å². The van der Waals surface area contributed by atoms with Crippen molar-refractivity contribution in [2.45, 2.75) is 40.2 Å². The predicted octanol–water partition coefficient (Wildman–Crippen LogP) is 2.34. The maximum atomic E-state index is 7.47. The van der Waals surface area contributed by atoms with Gasteiger partial charge in [-0.05, 0) is 18.8 Å². The molecule has 55 valence electrons. The first-order chi connectivity index (χ1) is 4.09. The molecule has 1 nitrogen and oxygen atoms in total. The Kier molecular flexibility index (Phi) is 3.87. The number of hydrogen-bond acceptors (Lipinski definition) is 0. The van der Waals surface area contributed by atoms with Crippen molar-refractivity contribution in [2.24, 2.45) is 11.8 Å². The van der Waals surface area contributed by atoms with Gasteiger partial charge in [0.2, 0.25) is 0 Å². The summed E-state index contributed by atoms with van der Waals surface area (Å²) in [5.74, 6) is 1.26. The fourth-order valence-electron chi connectivity index (χ4n) is 1.40. The Balaban J connectivity index is 3.68. The van der Waals surface area contributed by atoms with E-state index in [0.29, 0.717) is 11.8 Å². The first kappa shape index (κ1) is 8.96. The third-order valence-electron chi connectivity index (χ3n) is 1.97. The minimum Gasteiger partial charge on any atom is -0.255 e. The van der Waals surface area contributed by atoms with Crippen LogP contribution < -0.4 is 5.73 Å². The summed E-state index contributed by atoms with van der Waals surface area (Å²) in [7, 11) is 0. The quantitative estimate of drug-likeness (QED) is 0.557. The van der Waals surface area contributed by atoms with E-state index >= 15 is 0 Å². The van der Waals surface area contributed by atoms with E-state index in [9.17, 15) is 0 Å². The van der Waals surface area contributed by atoms with E-state index in [4.69, 9.17) is 5.73 Å². The van der Waals surface area contributed by atoms with Crippen molar-refractivity contribution < 1.29 is 0 Å². The summed E-state index contributed by atoms with van der Waals surface area (Å²) in [4.78, 5) is 0. The van der Waals surface area contributed by atoms with Gasteiger partial charge in [0.1, 0.15) is 0 Å². The van der Waals surface area contributed by atoms with Crippen LogP contribution in [0, 0.1) is 11.8 Å². The van der Waals surface area contributed by atoms with E-state index in [1.807, 2.05) is 6.92 Å².